The van der Waals surface area contributed by atoms with Gasteiger partial charge >= 0.3 is 0 Å². The molecule has 2 heterocycles. The smallest absolute Gasteiger partial charge is 0.134 e. The first-order valence-electron chi connectivity index (χ1n) is 5.97. The molecule has 1 aliphatic rings. The molecular weight excluding hydrogens is 298 g/mol. The maximum Gasteiger partial charge on any atom is 0.134 e. The molecule has 0 spiro atoms. The Morgan fingerprint density at radius 2 is 2.24 bits per heavy atom. The van der Waals surface area contributed by atoms with Gasteiger partial charge in [-0.15, -0.1) is 0 Å². The summed E-state index contributed by atoms with van der Waals surface area (Å²) in [7, 11) is 0. The molecule has 1 atom stereocenters. The molecule has 2 rings (SSSR count). The van der Waals surface area contributed by atoms with Crippen LogP contribution >= 0.6 is 27.7 Å². The third-order valence-electron chi connectivity index (χ3n) is 2.88. The molecule has 1 aromatic heterocycles. The van der Waals surface area contributed by atoms with E-state index in [0.29, 0.717) is 12.0 Å². The monoisotopic (exact) mass is 315 g/mol. The third-order valence-corrected chi connectivity index (χ3v) is 4.47. The van der Waals surface area contributed by atoms with Crippen molar-refractivity contribution in [2.75, 3.05) is 23.0 Å². The van der Waals surface area contributed by atoms with Gasteiger partial charge in [-0.05, 0) is 22.9 Å². The zero-order valence-electron chi connectivity index (χ0n) is 10.5. The van der Waals surface area contributed by atoms with Gasteiger partial charge in [0.2, 0.25) is 0 Å². The Kier molecular flexibility index (Phi) is 4.31. The topological polar surface area (TPSA) is 29.0 Å². The molecule has 0 N–H and O–H groups in total. The van der Waals surface area contributed by atoms with Crippen molar-refractivity contribution in [3.8, 4) is 0 Å². The Morgan fingerprint density at radius 1 is 1.47 bits per heavy atom. The van der Waals surface area contributed by atoms with E-state index in [2.05, 4.69) is 51.6 Å². The van der Waals surface area contributed by atoms with Gasteiger partial charge in [0.1, 0.15) is 16.2 Å². The Balaban J connectivity index is 2.30. The molecule has 1 fully saturated rings. The lowest BCUT2D eigenvalue weighted by Crippen LogP contribution is -2.41. The van der Waals surface area contributed by atoms with Crippen LogP contribution < -0.4 is 4.90 Å². The lowest BCUT2D eigenvalue weighted by Gasteiger charge is -2.34. The van der Waals surface area contributed by atoms with E-state index in [0.717, 1.165) is 22.8 Å². The van der Waals surface area contributed by atoms with E-state index >= 15 is 0 Å². The van der Waals surface area contributed by atoms with Crippen molar-refractivity contribution in [1.29, 1.82) is 0 Å². The van der Waals surface area contributed by atoms with Gasteiger partial charge in [0.25, 0.3) is 0 Å². The molecule has 0 radical (unpaired) electrons. The van der Waals surface area contributed by atoms with Crippen LogP contribution in [-0.4, -0.2) is 34.1 Å². The fraction of sp³-hybridized carbons (Fsp3) is 0.667. The molecule has 0 aromatic carbocycles. The Bertz CT molecular complexity index is 397. The number of anilines is 1. The van der Waals surface area contributed by atoms with Crippen LogP contribution in [0.4, 0.5) is 5.82 Å². The second kappa shape index (κ2) is 5.57. The summed E-state index contributed by atoms with van der Waals surface area (Å²) >= 11 is 5.50. The van der Waals surface area contributed by atoms with Crippen LogP contribution in [0.5, 0.6) is 0 Å². The first kappa shape index (κ1) is 13.1. The quantitative estimate of drug-likeness (QED) is 0.783. The highest BCUT2D eigenvalue weighted by atomic mass is 79.9. The van der Waals surface area contributed by atoms with Crippen LogP contribution in [0.2, 0.25) is 0 Å². The zero-order chi connectivity index (χ0) is 12.4. The van der Waals surface area contributed by atoms with Crippen molar-refractivity contribution in [2.45, 2.75) is 32.7 Å². The highest BCUT2D eigenvalue weighted by molar-refractivity contribution is 9.10. The lowest BCUT2D eigenvalue weighted by molar-refractivity contribution is 0.676. The summed E-state index contributed by atoms with van der Waals surface area (Å²) in [6.07, 6.45) is 0. The van der Waals surface area contributed by atoms with Crippen molar-refractivity contribution in [3.05, 3.63) is 16.5 Å². The number of hydrogen-bond acceptors (Lipinski definition) is 4. The van der Waals surface area contributed by atoms with E-state index < -0.39 is 0 Å². The fourth-order valence-corrected chi connectivity index (χ4v) is 3.30. The highest BCUT2D eigenvalue weighted by Gasteiger charge is 2.21. The van der Waals surface area contributed by atoms with Gasteiger partial charge in [0.15, 0.2) is 0 Å². The summed E-state index contributed by atoms with van der Waals surface area (Å²) in [5, 5.41) is 0. The van der Waals surface area contributed by atoms with Crippen LogP contribution in [0.25, 0.3) is 0 Å². The molecule has 0 saturated carbocycles. The van der Waals surface area contributed by atoms with E-state index in [1.807, 2.05) is 17.8 Å². The number of rotatable bonds is 2. The van der Waals surface area contributed by atoms with E-state index in [1.54, 1.807) is 0 Å². The summed E-state index contributed by atoms with van der Waals surface area (Å²) in [4.78, 5) is 11.5. The highest BCUT2D eigenvalue weighted by Crippen LogP contribution is 2.25. The maximum atomic E-state index is 4.68. The molecule has 94 valence electrons. The summed E-state index contributed by atoms with van der Waals surface area (Å²) in [5.74, 6) is 4.70. The molecule has 1 unspecified atom stereocenters. The molecule has 0 amide bonds. The number of aromatic nitrogens is 2. The minimum absolute atomic E-state index is 0.362. The summed E-state index contributed by atoms with van der Waals surface area (Å²) < 4.78 is 0.886. The molecule has 5 heteroatoms. The average Bonchev–Trinajstić information content (AvgIpc) is 2.28. The van der Waals surface area contributed by atoms with Crippen molar-refractivity contribution < 1.29 is 0 Å². The first-order chi connectivity index (χ1) is 8.08. The largest absolute Gasteiger partial charge is 0.352 e. The molecule has 1 aliphatic heterocycles. The second-order valence-corrected chi connectivity index (χ2v) is 6.64. The minimum atomic E-state index is 0.362. The van der Waals surface area contributed by atoms with E-state index in [-0.39, 0.29) is 0 Å². The molecule has 0 aliphatic carbocycles. The van der Waals surface area contributed by atoms with Gasteiger partial charge in [0, 0.05) is 36.1 Å². The van der Waals surface area contributed by atoms with Crippen LogP contribution in [0.15, 0.2) is 10.7 Å². The second-order valence-electron chi connectivity index (χ2n) is 4.68. The van der Waals surface area contributed by atoms with Gasteiger partial charge in [0.05, 0.1) is 0 Å². The predicted octanol–water partition coefficient (Wildman–Crippen LogP) is 3.30. The van der Waals surface area contributed by atoms with Crippen LogP contribution in [0.1, 0.15) is 32.5 Å². The minimum Gasteiger partial charge on any atom is -0.352 e. The molecular formula is C12H18BrN3S. The van der Waals surface area contributed by atoms with Gasteiger partial charge in [-0.3, -0.25) is 0 Å². The van der Waals surface area contributed by atoms with Crippen molar-refractivity contribution >= 4 is 33.5 Å². The maximum absolute atomic E-state index is 4.68. The molecule has 17 heavy (non-hydrogen) atoms. The number of nitrogens with zero attached hydrogens (tertiary/aromatic N) is 3. The van der Waals surface area contributed by atoms with Crippen molar-refractivity contribution in [3.63, 3.8) is 0 Å². The van der Waals surface area contributed by atoms with Gasteiger partial charge in [-0.1, -0.05) is 13.8 Å². The summed E-state index contributed by atoms with van der Waals surface area (Å²) in [6.45, 7) is 7.59. The van der Waals surface area contributed by atoms with E-state index in [1.165, 1.54) is 11.5 Å². The molecule has 1 saturated heterocycles. The predicted molar refractivity (Wildman–Crippen MR) is 78.0 cm³/mol. The molecule has 1 aromatic rings. The van der Waals surface area contributed by atoms with Gasteiger partial charge in [-0.25, -0.2) is 9.97 Å². The average molecular weight is 316 g/mol. The normalized spacial score (nSPS) is 21.0. The number of halogens is 1. The van der Waals surface area contributed by atoms with Crippen molar-refractivity contribution in [1.82, 2.24) is 9.97 Å². The number of hydrogen-bond donors (Lipinski definition) is 0. The number of thioether (sulfide) groups is 1. The fourth-order valence-electron chi connectivity index (χ4n) is 1.90. The molecule has 0 bridgehead atoms. The van der Waals surface area contributed by atoms with Gasteiger partial charge in [-0.2, -0.15) is 11.8 Å². The third kappa shape index (κ3) is 3.13. The Labute approximate surface area is 116 Å². The lowest BCUT2D eigenvalue weighted by atomic mass is 10.2. The summed E-state index contributed by atoms with van der Waals surface area (Å²) in [6, 6.07) is 2.58. The van der Waals surface area contributed by atoms with E-state index in [4.69, 9.17) is 0 Å². The van der Waals surface area contributed by atoms with Crippen molar-refractivity contribution in [2.24, 2.45) is 0 Å². The zero-order valence-corrected chi connectivity index (χ0v) is 12.9. The van der Waals surface area contributed by atoms with Gasteiger partial charge < -0.3 is 4.90 Å². The van der Waals surface area contributed by atoms with Crippen LogP contribution in [0, 0.1) is 0 Å². The molecule has 3 nitrogen and oxygen atoms in total. The first-order valence-corrected chi connectivity index (χ1v) is 7.91. The SMILES string of the molecule is CC(C)c1nc(Br)cc(N2CCSCC2C)n1. The Hall–Kier alpha value is -0.290. The van der Waals surface area contributed by atoms with Crippen LogP contribution in [-0.2, 0) is 0 Å². The van der Waals surface area contributed by atoms with Crippen LogP contribution in [0.3, 0.4) is 0 Å². The van der Waals surface area contributed by atoms with E-state index in [9.17, 15) is 0 Å². The Morgan fingerprint density at radius 3 is 2.88 bits per heavy atom. The summed E-state index contributed by atoms with van der Waals surface area (Å²) in [5.41, 5.74) is 0. The standard InChI is InChI=1S/C12H18BrN3S/c1-8(2)12-14-10(13)6-11(15-12)16-4-5-17-7-9(16)3/h6,8-9H,4-5,7H2,1-3H3.